The van der Waals surface area contributed by atoms with E-state index >= 15 is 0 Å². The van der Waals surface area contributed by atoms with Gasteiger partial charge in [0.1, 0.15) is 0 Å². The summed E-state index contributed by atoms with van der Waals surface area (Å²) in [4.78, 5) is 11.8. The maximum atomic E-state index is 12.6. The van der Waals surface area contributed by atoms with E-state index in [1.54, 1.807) is 30.3 Å². The van der Waals surface area contributed by atoms with Crippen molar-refractivity contribution in [3.05, 3.63) is 71.3 Å². The van der Waals surface area contributed by atoms with Gasteiger partial charge < -0.3 is 10.4 Å². The van der Waals surface area contributed by atoms with Gasteiger partial charge in [0.05, 0.1) is 11.7 Å². The molecule has 3 nitrogen and oxygen atoms in total. The predicted octanol–water partition coefficient (Wildman–Crippen LogP) is 3.17. The van der Waals surface area contributed by atoms with Crippen molar-refractivity contribution in [3.63, 3.8) is 0 Å². The van der Waals surface area contributed by atoms with Crippen molar-refractivity contribution in [1.82, 2.24) is 5.32 Å². The number of carbonyl (C=O) groups excluding carboxylic acids is 1. The number of benzene rings is 2. The van der Waals surface area contributed by atoms with Gasteiger partial charge in [-0.1, -0.05) is 30.3 Å². The number of alkyl halides is 3. The highest BCUT2D eigenvalue weighted by molar-refractivity contribution is 5.94. The van der Waals surface area contributed by atoms with Gasteiger partial charge >= 0.3 is 6.18 Å². The summed E-state index contributed by atoms with van der Waals surface area (Å²) < 4.78 is 37.8. The minimum Gasteiger partial charge on any atom is -0.387 e. The van der Waals surface area contributed by atoms with E-state index in [9.17, 15) is 23.1 Å². The Labute approximate surface area is 125 Å². The summed E-state index contributed by atoms with van der Waals surface area (Å²) in [6, 6.07) is 12.8. The maximum Gasteiger partial charge on any atom is 0.416 e. The lowest BCUT2D eigenvalue weighted by molar-refractivity contribution is -0.137. The highest BCUT2D eigenvalue weighted by atomic mass is 19.4. The van der Waals surface area contributed by atoms with Crippen molar-refractivity contribution in [2.45, 2.75) is 12.3 Å². The highest BCUT2D eigenvalue weighted by Gasteiger charge is 2.30. The van der Waals surface area contributed by atoms with Gasteiger partial charge in [-0.15, -0.1) is 0 Å². The largest absolute Gasteiger partial charge is 0.416 e. The monoisotopic (exact) mass is 309 g/mol. The van der Waals surface area contributed by atoms with Crippen LogP contribution in [0.3, 0.4) is 0 Å². The maximum absolute atomic E-state index is 12.6. The van der Waals surface area contributed by atoms with Crippen LogP contribution in [0.5, 0.6) is 0 Å². The molecular formula is C16H14F3NO2. The first-order valence-electron chi connectivity index (χ1n) is 6.56. The van der Waals surface area contributed by atoms with E-state index in [-0.39, 0.29) is 12.1 Å². The van der Waals surface area contributed by atoms with Crippen LogP contribution in [-0.2, 0) is 6.18 Å². The number of rotatable bonds is 4. The Bertz CT molecular complexity index is 641. The summed E-state index contributed by atoms with van der Waals surface area (Å²) in [5.41, 5.74) is -0.319. The fraction of sp³-hybridized carbons (Fsp3) is 0.188. The van der Waals surface area contributed by atoms with Crippen molar-refractivity contribution in [1.29, 1.82) is 0 Å². The summed E-state index contributed by atoms with van der Waals surface area (Å²) in [6.07, 6.45) is -5.68. The zero-order chi connectivity index (χ0) is 16.2. The van der Waals surface area contributed by atoms with E-state index in [2.05, 4.69) is 5.32 Å². The molecule has 0 spiro atoms. The van der Waals surface area contributed by atoms with E-state index in [0.29, 0.717) is 5.56 Å². The van der Waals surface area contributed by atoms with Gasteiger partial charge in [0.15, 0.2) is 0 Å². The van der Waals surface area contributed by atoms with Crippen molar-refractivity contribution in [2.75, 3.05) is 6.54 Å². The fourth-order valence-electron chi connectivity index (χ4n) is 1.92. The lowest BCUT2D eigenvalue weighted by atomic mass is 10.1. The van der Waals surface area contributed by atoms with Gasteiger partial charge in [-0.05, 0) is 29.8 Å². The predicted molar refractivity (Wildman–Crippen MR) is 75.2 cm³/mol. The van der Waals surface area contributed by atoms with E-state index in [1.165, 1.54) is 12.1 Å². The molecule has 2 aromatic carbocycles. The van der Waals surface area contributed by atoms with Gasteiger partial charge in [-0.2, -0.15) is 13.2 Å². The topological polar surface area (TPSA) is 49.3 Å². The molecule has 0 aliphatic carbocycles. The van der Waals surface area contributed by atoms with Crippen molar-refractivity contribution in [2.24, 2.45) is 0 Å². The van der Waals surface area contributed by atoms with Gasteiger partial charge in [-0.3, -0.25) is 4.79 Å². The van der Waals surface area contributed by atoms with E-state index in [4.69, 9.17) is 0 Å². The Morgan fingerprint density at radius 3 is 2.41 bits per heavy atom. The Morgan fingerprint density at radius 2 is 1.77 bits per heavy atom. The molecule has 0 aliphatic rings. The molecule has 0 aliphatic heterocycles. The molecular weight excluding hydrogens is 295 g/mol. The Kier molecular flexibility index (Phi) is 4.82. The summed E-state index contributed by atoms with van der Waals surface area (Å²) in [5, 5.41) is 12.4. The van der Waals surface area contributed by atoms with E-state index in [0.717, 1.165) is 12.1 Å². The molecule has 1 atom stereocenters. The Morgan fingerprint density at radius 1 is 1.09 bits per heavy atom. The van der Waals surface area contributed by atoms with Crippen LogP contribution in [-0.4, -0.2) is 17.6 Å². The van der Waals surface area contributed by atoms with Crippen LogP contribution in [0.15, 0.2) is 54.6 Å². The Balaban J connectivity index is 2.01. The molecule has 0 bridgehead atoms. The normalized spacial score (nSPS) is 12.7. The van der Waals surface area contributed by atoms with Crippen LogP contribution in [0, 0.1) is 0 Å². The summed E-state index contributed by atoms with van der Waals surface area (Å²) in [5.74, 6) is -0.397. The summed E-state index contributed by atoms with van der Waals surface area (Å²) in [6.45, 7) is -0.172. The molecule has 0 saturated carbocycles. The van der Waals surface area contributed by atoms with Gasteiger partial charge in [-0.25, -0.2) is 0 Å². The van der Waals surface area contributed by atoms with Crippen LogP contribution in [0.1, 0.15) is 27.6 Å². The summed E-state index contributed by atoms with van der Waals surface area (Å²) in [7, 11) is 0. The molecule has 22 heavy (non-hydrogen) atoms. The molecule has 0 fully saturated rings. The molecule has 1 amide bonds. The number of aliphatic hydroxyl groups excluding tert-OH is 1. The minimum atomic E-state index is -4.47. The number of nitrogens with one attached hydrogen (secondary N) is 1. The zero-order valence-corrected chi connectivity index (χ0v) is 11.5. The third kappa shape index (κ3) is 4.08. The Hall–Kier alpha value is -2.34. The van der Waals surface area contributed by atoms with E-state index < -0.39 is 23.8 Å². The number of carbonyl (C=O) groups is 1. The van der Waals surface area contributed by atoms with Crippen molar-refractivity contribution < 1.29 is 23.1 Å². The van der Waals surface area contributed by atoms with Crippen molar-refractivity contribution >= 4 is 5.91 Å². The number of amides is 1. The fourth-order valence-corrected chi connectivity index (χ4v) is 1.92. The standard InChI is InChI=1S/C16H14F3NO2/c17-16(18,19)13-8-4-7-12(9-13)14(21)10-20-15(22)11-5-2-1-3-6-11/h1-9,14,21H,10H2,(H,20,22)/t14-/m1/s1. The average Bonchev–Trinajstić information content (AvgIpc) is 2.52. The molecule has 2 aromatic rings. The second kappa shape index (κ2) is 6.62. The summed E-state index contributed by atoms with van der Waals surface area (Å²) >= 11 is 0. The van der Waals surface area contributed by atoms with Gasteiger partial charge in [0.25, 0.3) is 5.91 Å². The first kappa shape index (κ1) is 16.0. The lowest BCUT2D eigenvalue weighted by Gasteiger charge is -2.14. The third-order valence-corrected chi connectivity index (χ3v) is 3.09. The molecule has 0 radical (unpaired) electrons. The second-order valence-corrected chi connectivity index (χ2v) is 4.72. The highest BCUT2D eigenvalue weighted by Crippen LogP contribution is 2.30. The average molecular weight is 309 g/mol. The molecule has 116 valence electrons. The second-order valence-electron chi connectivity index (χ2n) is 4.72. The lowest BCUT2D eigenvalue weighted by Crippen LogP contribution is -2.28. The number of aliphatic hydroxyl groups is 1. The molecule has 2 N–H and O–H groups in total. The van der Waals surface area contributed by atoms with Crippen molar-refractivity contribution in [3.8, 4) is 0 Å². The minimum absolute atomic E-state index is 0.100. The van der Waals surface area contributed by atoms with Crippen LogP contribution < -0.4 is 5.32 Å². The number of hydrogen-bond donors (Lipinski definition) is 2. The van der Waals surface area contributed by atoms with Crippen LogP contribution >= 0.6 is 0 Å². The van der Waals surface area contributed by atoms with Gasteiger partial charge in [0, 0.05) is 12.1 Å². The molecule has 0 unspecified atom stereocenters. The van der Waals surface area contributed by atoms with Crippen LogP contribution in [0.25, 0.3) is 0 Å². The first-order valence-corrected chi connectivity index (χ1v) is 6.56. The number of hydrogen-bond acceptors (Lipinski definition) is 2. The van der Waals surface area contributed by atoms with Gasteiger partial charge in [0.2, 0.25) is 0 Å². The first-order chi connectivity index (χ1) is 10.4. The SMILES string of the molecule is O=C(NC[C@@H](O)c1cccc(C(F)(F)F)c1)c1ccccc1. The zero-order valence-electron chi connectivity index (χ0n) is 11.5. The molecule has 0 heterocycles. The third-order valence-electron chi connectivity index (χ3n) is 3.09. The van der Waals surface area contributed by atoms with E-state index in [1.807, 2.05) is 0 Å². The number of halogens is 3. The molecule has 0 saturated heterocycles. The van der Waals surface area contributed by atoms with Crippen LogP contribution in [0.4, 0.5) is 13.2 Å². The van der Waals surface area contributed by atoms with Crippen LogP contribution in [0.2, 0.25) is 0 Å². The smallest absolute Gasteiger partial charge is 0.387 e. The molecule has 2 rings (SSSR count). The molecule has 0 aromatic heterocycles. The molecule has 6 heteroatoms. The quantitative estimate of drug-likeness (QED) is 0.911.